The van der Waals surface area contributed by atoms with Crippen molar-refractivity contribution in [3.63, 3.8) is 0 Å². The van der Waals surface area contributed by atoms with Gasteiger partial charge in [-0.25, -0.2) is 0 Å². The number of ether oxygens (including phenoxy) is 4. The Kier molecular flexibility index (Phi) is 3.46. The minimum absolute atomic E-state index is 0.155. The first kappa shape index (κ1) is 12.5. The lowest BCUT2D eigenvalue weighted by atomic mass is 10.2. The average Bonchev–Trinajstić information content (AvgIpc) is 2.87. The fourth-order valence-corrected chi connectivity index (χ4v) is 2.07. The SMILES string of the molecule is O=C(Nc1cc2c(cc1Cl)OCO2)C1COCCO1. The fourth-order valence-electron chi connectivity index (χ4n) is 1.87. The van der Waals surface area contributed by atoms with E-state index in [1.807, 2.05) is 0 Å². The predicted molar refractivity (Wildman–Crippen MR) is 66.8 cm³/mol. The molecule has 1 fully saturated rings. The summed E-state index contributed by atoms with van der Waals surface area (Å²) in [4.78, 5) is 12.0. The topological polar surface area (TPSA) is 66.0 Å². The standard InChI is InChI=1S/C12H12ClNO5/c13-7-3-9-10(19-6-18-9)4-8(7)14-12(15)11-5-16-1-2-17-11/h3-4,11H,1-2,5-6H2,(H,14,15). The summed E-state index contributed by atoms with van der Waals surface area (Å²) in [7, 11) is 0. The summed E-state index contributed by atoms with van der Waals surface area (Å²) in [5.41, 5.74) is 0.463. The molecule has 1 aromatic carbocycles. The van der Waals surface area contributed by atoms with E-state index in [4.69, 9.17) is 30.5 Å². The molecule has 2 aliphatic heterocycles. The van der Waals surface area contributed by atoms with Gasteiger partial charge in [-0.15, -0.1) is 0 Å². The molecule has 2 heterocycles. The summed E-state index contributed by atoms with van der Waals surface area (Å²) in [5.74, 6) is 0.834. The quantitative estimate of drug-likeness (QED) is 0.890. The Morgan fingerprint density at radius 1 is 1.26 bits per heavy atom. The molecular weight excluding hydrogens is 274 g/mol. The van der Waals surface area contributed by atoms with Crippen molar-refractivity contribution in [2.45, 2.75) is 6.10 Å². The molecule has 0 spiro atoms. The van der Waals surface area contributed by atoms with Crippen molar-refractivity contribution < 1.29 is 23.7 Å². The van der Waals surface area contributed by atoms with E-state index in [0.717, 1.165) is 0 Å². The molecule has 1 atom stereocenters. The van der Waals surface area contributed by atoms with Crippen LogP contribution in [0.4, 0.5) is 5.69 Å². The van der Waals surface area contributed by atoms with Crippen LogP contribution in [0.1, 0.15) is 0 Å². The number of fused-ring (bicyclic) bond motifs is 1. The second-order valence-corrected chi connectivity index (χ2v) is 4.52. The van der Waals surface area contributed by atoms with Crippen LogP contribution < -0.4 is 14.8 Å². The van der Waals surface area contributed by atoms with Crippen LogP contribution in [0.5, 0.6) is 11.5 Å². The maximum Gasteiger partial charge on any atom is 0.255 e. The van der Waals surface area contributed by atoms with E-state index < -0.39 is 6.10 Å². The number of anilines is 1. The monoisotopic (exact) mass is 285 g/mol. The number of benzene rings is 1. The highest BCUT2D eigenvalue weighted by Gasteiger charge is 2.24. The Morgan fingerprint density at radius 2 is 2.05 bits per heavy atom. The number of amides is 1. The van der Waals surface area contributed by atoms with Crippen molar-refractivity contribution in [1.82, 2.24) is 0 Å². The number of halogens is 1. The molecule has 1 aromatic rings. The second kappa shape index (κ2) is 5.24. The molecule has 6 nitrogen and oxygen atoms in total. The minimum Gasteiger partial charge on any atom is -0.454 e. The number of hydrogen-bond acceptors (Lipinski definition) is 5. The lowest BCUT2D eigenvalue weighted by Gasteiger charge is -2.22. The lowest BCUT2D eigenvalue weighted by molar-refractivity contribution is -0.142. The van der Waals surface area contributed by atoms with Gasteiger partial charge in [0.05, 0.1) is 30.5 Å². The van der Waals surface area contributed by atoms with E-state index >= 15 is 0 Å². The minimum atomic E-state index is -0.616. The predicted octanol–water partition coefficient (Wildman–Crippen LogP) is 1.42. The molecule has 0 radical (unpaired) electrons. The highest BCUT2D eigenvalue weighted by atomic mass is 35.5. The summed E-state index contributed by atoms with van der Waals surface area (Å²) in [6, 6.07) is 3.24. The summed E-state index contributed by atoms with van der Waals surface area (Å²) in [5, 5.41) is 3.08. The number of rotatable bonds is 2. The first-order valence-corrected chi connectivity index (χ1v) is 6.21. The van der Waals surface area contributed by atoms with Gasteiger partial charge in [-0.2, -0.15) is 0 Å². The van der Waals surface area contributed by atoms with Gasteiger partial charge in [0.1, 0.15) is 0 Å². The first-order chi connectivity index (χ1) is 9.24. The maximum absolute atomic E-state index is 12.0. The zero-order valence-corrected chi connectivity index (χ0v) is 10.7. The summed E-state index contributed by atoms with van der Waals surface area (Å²) in [6.07, 6.45) is -0.616. The smallest absolute Gasteiger partial charge is 0.255 e. The highest BCUT2D eigenvalue weighted by molar-refractivity contribution is 6.34. The molecule has 0 aromatic heterocycles. The van der Waals surface area contributed by atoms with E-state index in [1.165, 1.54) is 0 Å². The van der Waals surface area contributed by atoms with Gasteiger partial charge >= 0.3 is 0 Å². The summed E-state index contributed by atoms with van der Waals surface area (Å²) >= 11 is 6.07. The Labute approximate surface area is 114 Å². The van der Waals surface area contributed by atoms with Crippen LogP contribution >= 0.6 is 11.6 Å². The third-order valence-electron chi connectivity index (χ3n) is 2.83. The van der Waals surface area contributed by atoms with Gasteiger partial charge in [0.25, 0.3) is 5.91 Å². The van der Waals surface area contributed by atoms with Crippen LogP contribution in [-0.4, -0.2) is 38.6 Å². The molecule has 2 aliphatic rings. The Bertz CT molecular complexity index is 501. The van der Waals surface area contributed by atoms with Gasteiger partial charge < -0.3 is 24.3 Å². The van der Waals surface area contributed by atoms with Crippen LogP contribution in [-0.2, 0) is 14.3 Å². The first-order valence-electron chi connectivity index (χ1n) is 5.83. The van der Waals surface area contributed by atoms with Crippen molar-refractivity contribution in [3.05, 3.63) is 17.2 Å². The Morgan fingerprint density at radius 3 is 2.79 bits per heavy atom. The van der Waals surface area contributed by atoms with Gasteiger partial charge in [0.15, 0.2) is 17.6 Å². The molecule has 1 amide bonds. The van der Waals surface area contributed by atoms with Crippen molar-refractivity contribution in [2.75, 3.05) is 31.9 Å². The number of hydrogen-bond donors (Lipinski definition) is 1. The van der Waals surface area contributed by atoms with E-state index in [9.17, 15) is 4.79 Å². The number of carbonyl (C=O) groups is 1. The molecule has 1 N–H and O–H groups in total. The van der Waals surface area contributed by atoms with Crippen molar-refractivity contribution in [2.24, 2.45) is 0 Å². The van der Waals surface area contributed by atoms with Crippen LogP contribution in [0, 0.1) is 0 Å². The maximum atomic E-state index is 12.0. The molecular formula is C12H12ClNO5. The molecule has 1 unspecified atom stereocenters. The molecule has 3 rings (SSSR count). The van der Waals surface area contributed by atoms with Gasteiger partial charge in [-0.1, -0.05) is 11.6 Å². The number of nitrogens with one attached hydrogen (secondary N) is 1. The molecule has 19 heavy (non-hydrogen) atoms. The second-order valence-electron chi connectivity index (χ2n) is 4.11. The van der Waals surface area contributed by atoms with Gasteiger partial charge in [-0.05, 0) is 0 Å². The number of carbonyl (C=O) groups excluding carboxylic acids is 1. The van der Waals surface area contributed by atoms with Crippen LogP contribution in [0.25, 0.3) is 0 Å². The van der Waals surface area contributed by atoms with Crippen LogP contribution in [0.2, 0.25) is 5.02 Å². The third kappa shape index (κ3) is 2.60. The van der Waals surface area contributed by atoms with Crippen LogP contribution in [0.3, 0.4) is 0 Å². The van der Waals surface area contributed by atoms with E-state index in [0.29, 0.717) is 35.4 Å². The Balaban J connectivity index is 1.74. The average molecular weight is 286 g/mol. The van der Waals surface area contributed by atoms with E-state index in [2.05, 4.69) is 5.32 Å². The lowest BCUT2D eigenvalue weighted by Crippen LogP contribution is -2.39. The van der Waals surface area contributed by atoms with Gasteiger partial charge in [-0.3, -0.25) is 4.79 Å². The zero-order chi connectivity index (χ0) is 13.2. The third-order valence-corrected chi connectivity index (χ3v) is 3.14. The van der Waals surface area contributed by atoms with Crippen molar-refractivity contribution in [3.8, 4) is 11.5 Å². The molecule has 0 bridgehead atoms. The van der Waals surface area contributed by atoms with Gasteiger partial charge in [0, 0.05) is 12.1 Å². The van der Waals surface area contributed by atoms with Crippen molar-refractivity contribution in [1.29, 1.82) is 0 Å². The molecule has 1 saturated heterocycles. The van der Waals surface area contributed by atoms with E-state index in [-0.39, 0.29) is 19.3 Å². The van der Waals surface area contributed by atoms with Crippen LogP contribution in [0.15, 0.2) is 12.1 Å². The highest BCUT2D eigenvalue weighted by Crippen LogP contribution is 2.39. The summed E-state index contributed by atoms with van der Waals surface area (Å²) < 4.78 is 20.9. The molecule has 7 heteroatoms. The molecule has 0 saturated carbocycles. The zero-order valence-electron chi connectivity index (χ0n) is 9.98. The normalized spacial score (nSPS) is 21.2. The largest absolute Gasteiger partial charge is 0.454 e. The Hall–Kier alpha value is -1.50. The molecule has 102 valence electrons. The van der Waals surface area contributed by atoms with E-state index in [1.54, 1.807) is 12.1 Å². The van der Waals surface area contributed by atoms with Gasteiger partial charge in [0.2, 0.25) is 6.79 Å². The summed E-state index contributed by atoms with van der Waals surface area (Å²) in [6.45, 7) is 1.32. The van der Waals surface area contributed by atoms with Crippen molar-refractivity contribution >= 4 is 23.2 Å². The molecule has 0 aliphatic carbocycles. The fraction of sp³-hybridized carbons (Fsp3) is 0.417.